The third-order valence-corrected chi connectivity index (χ3v) is 3.67. The molecule has 0 radical (unpaired) electrons. The van der Waals surface area contributed by atoms with Gasteiger partial charge in [0.25, 0.3) is 0 Å². The van der Waals surface area contributed by atoms with Crippen LogP contribution < -0.4 is 0 Å². The first-order valence-corrected chi connectivity index (χ1v) is 6.78. The van der Waals surface area contributed by atoms with E-state index in [4.69, 9.17) is 11.6 Å². The molecule has 1 saturated heterocycles. The Balaban J connectivity index is 2.02. The zero-order valence-corrected chi connectivity index (χ0v) is 11.3. The van der Waals surface area contributed by atoms with Crippen molar-refractivity contribution in [3.63, 3.8) is 0 Å². The van der Waals surface area contributed by atoms with E-state index < -0.39 is 0 Å². The van der Waals surface area contributed by atoms with E-state index in [1.54, 1.807) is 0 Å². The predicted octanol–water partition coefficient (Wildman–Crippen LogP) is 2.94. The topological polar surface area (TPSA) is 29.0 Å². The Hall–Kier alpha value is -0.670. The molecule has 1 unspecified atom stereocenters. The van der Waals surface area contributed by atoms with Gasteiger partial charge < -0.3 is 0 Å². The molecule has 0 bridgehead atoms. The van der Waals surface area contributed by atoms with Crippen molar-refractivity contribution in [3.8, 4) is 0 Å². The molecule has 2 rings (SSSR count). The van der Waals surface area contributed by atoms with Gasteiger partial charge in [-0.3, -0.25) is 4.90 Å². The van der Waals surface area contributed by atoms with Crippen LogP contribution in [-0.4, -0.2) is 33.7 Å². The number of likely N-dealkylation sites (tertiary alicyclic amines) is 1. The molecule has 0 N–H and O–H groups in total. The molecule has 0 spiro atoms. The highest BCUT2D eigenvalue weighted by atomic mass is 35.5. The molecule has 94 valence electrons. The van der Waals surface area contributed by atoms with Gasteiger partial charge >= 0.3 is 0 Å². The number of halogens is 1. The lowest BCUT2D eigenvalue weighted by Crippen LogP contribution is -2.45. The number of aromatic nitrogens is 2. The fourth-order valence-electron chi connectivity index (χ4n) is 2.62. The van der Waals surface area contributed by atoms with Crippen LogP contribution in [0.5, 0.6) is 0 Å². The van der Waals surface area contributed by atoms with Gasteiger partial charge in [-0.1, -0.05) is 18.0 Å². The maximum absolute atomic E-state index is 5.75. The van der Waals surface area contributed by atoms with Crippen molar-refractivity contribution in [3.05, 3.63) is 23.0 Å². The molecule has 4 heteroatoms. The van der Waals surface area contributed by atoms with Crippen molar-refractivity contribution in [1.82, 2.24) is 15.1 Å². The lowest BCUT2D eigenvalue weighted by atomic mass is 9.96. The van der Waals surface area contributed by atoms with Crippen molar-refractivity contribution < 1.29 is 0 Å². The Morgan fingerprint density at radius 2 is 2.18 bits per heavy atom. The van der Waals surface area contributed by atoms with Crippen molar-refractivity contribution in [2.75, 3.05) is 6.54 Å². The van der Waals surface area contributed by atoms with Crippen LogP contribution in [0.2, 0.25) is 5.15 Å². The summed E-state index contributed by atoms with van der Waals surface area (Å²) >= 11 is 5.75. The first kappa shape index (κ1) is 12.8. The van der Waals surface area contributed by atoms with Crippen LogP contribution in [0, 0.1) is 0 Å². The number of hydrogen-bond donors (Lipinski definition) is 0. The van der Waals surface area contributed by atoms with Crippen LogP contribution in [0.4, 0.5) is 0 Å². The highest BCUT2D eigenvalue weighted by molar-refractivity contribution is 6.29. The van der Waals surface area contributed by atoms with Gasteiger partial charge in [0.15, 0.2) is 5.15 Å². The fraction of sp³-hybridized carbons (Fsp3) is 0.692. The monoisotopic (exact) mass is 253 g/mol. The van der Waals surface area contributed by atoms with Crippen molar-refractivity contribution in [2.45, 2.75) is 51.6 Å². The van der Waals surface area contributed by atoms with Gasteiger partial charge in [-0.15, -0.1) is 5.10 Å². The average Bonchev–Trinajstić information content (AvgIpc) is 2.32. The standard InChI is InChI=1S/C13H20ClN3/c1-10(2)17-8-4-3-5-12(17)9-11-6-7-13(14)16-15-11/h6-7,10,12H,3-5,8-9H2,1-2H3. The Morgan fingerprint density at radius 1 is 1.35 bits per heavy atom. The van der Waals surface area contributed by atoms with Crippen LogP contribution in [0.15, 0.2) is 12.1 Å². The molecule has 1 aliphatic rings. The Bertz CT molecular complexity index is 350. The molecule has 3 nitrogen and oxygen atoms in total. The molecule has 0 aromatic carbocycles. The highest BCUT2D eigenvalue weighted by Crippen LogP contribution is 2.22. The minimum atomic E-state index is 0.470. The second kappa shape index (κ2) is 5.78. The minimum Gasteiger partial charge on any atom is -0.298 e. The van der Waals surface area contributed by atoms with Gasteiger partial charge in [0.2, 0.25) is 0 Å². The normalized spacial score (nSPS) is 22.0. The quantitative estimate of drug-likeness (QED) is 0.830. The summed E-state index contributed by atoms with van der Waals surface area (Å²) in [5.41, 5.74) is 1.05. The lowest BCUT2D eigenvalue weighted by molar-refractivity contribution is 0.111. The van der Waals surface area contributed by atoms with Crippen LogP contribution >= 0.6 is 11.6 Å². The Kier molecular flexibility index (Phi) is 4.35. The second-order valence-electron chi connectivity index (χ2n) is 5.03. The second-order valence-corrected chi connectivity index (χ2v) is 5.42. The van der Waals surface area contributed by atoms with E-state index in [-0.39, 0.29) is 0 Å². The van der Waals surface area contributed by atoms with Crippen LogP contribution in [0.3, 0.4) is 0 Å². The smallest absolute Gasteiger partial charge is 0.151 e. The van der Waals surface area contributed by atoms with Crippen LogP contribution in [0.25, 0.3) is 0 Å². The zero-order valence-electron chi connectivity index (χ0n) is 10.6. The first-order valence-electron chi connectivity index (χ1n) is 6.40. The van der Waals surface area contributed by atoms with Crippen molar-refractivity contribution in [2.24, 2.45) is 0 Å². The van der Waals surface area contributed by atoms with E-state index >= 15 is 0 Å². The molecule has 17 heavy (non-hydrogen) atoms. The van der Waals surface area contributed by atoms with Crippen LogP contribution in [-0.2, 0) is 6.42 Å². The Morgan fingerprint density at radius 3 is 2.82 bits per heavy atom. The zero-order chi connectivity index (χ0) is 12.3. The SMILES string of the molecule is CC(C)N1CCCCC1Cc1ccc(Cl)nn1. The summed E-state index contributed by atoms with van der Waals surface area (Å²) in [5, 5.41) is 8.54. The number of piperidine rings is 1. The van der Waals surface area contributed by atoms with Gasteiger partial charge in [-0.25, -0.2) is 0 Å². The molecule has 0 saturated carbocycles. The van der Waals surface area contributed by atoms with Gasteiger partial charge in [0.05, 0.1) is 5.69 Å². The summed E-state index contributed by atoms with van der Waals surface area (Å²) in [6.07, 6.45) is 4.90. The minimum absolute atomic E-state index is 0.470. The van der Waals surface area contributed by atoms with Gasteiger partial charge in [-0.2, -0.15) is 5.10 Å². The van der Waals surface area contributed by atoms with Crippen LogP contribution in [0.1, 0.15) is 38.8 Å². The summed E-state index contributed by atoms with van der Waals surface area (Å²) in [6.45, 7) is 5.75. The van der Waals surface area contributed by atoms with Crippen molar-refractivity contribution in [1.29, 1.82) is 0 Å². The molecule has 1 aliphatic heterocycles. The molecular formula is C13H20ClN3. The summed E-state index contributed by atoms with van der Waals surface area (Å²) in [4.78, 5) is 2.58. The van der Waals surface area contributed by atoms with Gasteiger partial charge in [0.1, 0.15) is 0 Å². The molecule has 1 atom stereocenters. The number of rotatable bonds is 3. The molecule has 2 heterocycles. The molecule has 1 fully saturated rings. The summed E-state index contributed by atoms with van der Waals surface area (Å²) < 4.78 is 0. The van der Waals surface area contributed by atoms with E-state index in [0.29, 0.717) is 17.2 Å². The van der Waals surface area contributed by atoms with Gasteiger partial charge in [-0.05, 0) is 45.4 Å². The first-order chi connectivity index (χ1) is 8.16. The number of nitrogens with zero attached hydrogens (tertiary/aromatic N) is 3. The van der Waals surface area contributed by atoms with E-state index in [9.17, 15) is 0 Å². The summed E-state index contributed by atoms with van der Waals surface area (Å²) in [6, 6.07) is 5.04. The fourth-order valence-corrected chi connectivity index (χ4v) is 2.72. The molecule has 1 aromatic rings. The summed E-state index contributed by atoms with van der Waals surface area (Å²) in [5.74, 6) is 0. The third-order valence-electron chi connectivity index (χ3n) is 3.47. The van der Waals surface area contributed by atoms with Crippen molar-refractivity contribution >= 4 is 11.6 Å². The molecular weight excluding hydrogens is 234 g/mol. The number of hydrogen-bond acceptors (Lipinski definition) is 3. The maximum Gasteiger partial charge on any atom is 0.151 e. The third kappa shape index (κ3) is 3.39. The predicted molar refractivity (Wildman–Crippen MR) is 70.2 cm³/mol. The molecule has 1 aromatic heterocycles. The summed E-state index contributed by atoms with van der Waals surface area (Å²) in [7, 11) is 0. The molecule has 0 aliphatic carbocycles. The Labute approximate surface area is 108 Å². The van der Waals surface area contributed by atoms with E-state index in [1.165, 1.54) is 25.8 Å². The van der Waals surface area contributed by atoms with E-state index in [1.807, 2.05) is 12.1 Å². The highest BCUT2D eigenvalue weighted by Gasteiger charge is 2.24. The maximum atomic E-state index is 5.75. The lowest BCUT2D eigenvalue weighted by Gasteiger charge is -2.38. The largest absolute Gasteiger partial charge is 0.298 e. The van der Waals surface area contributed by atoms with Gasteiger partial charge in [0, 0.05) is 18.5 Å². The molecule has 0 amide bonds. The average molecular weight is 254 g/mol. The van der Waals surface area contributed by atoms with E-state index in [2.05, 4.69) is 28.9 Å². The van der Waals surface area contributed by atoms with E-state index in [0.717, 1.165) is 12.1 Å².